The number of hydrogen-bond acceptors (Lipinski definition) is 3. The number of hydrogen-bond donors (Lipinski definition) is 2. The van der Waals surface area contributed by atoms with Gasteiger partial charge in [0, 0.05) is 11.2 Å². The van der Waals surface area contributed by atoms with Crippen LogP contribution in [0.15, 0.2) is 24.9 Å². The number of allylic oxidation sites excluding steroid dienone is 1. The predicted octanol–water partition coefficient (Wildman–Crippen LogP) is 1.97. The molecule has 0 heterocycles. The van der Waals surface area contributed by atoms with Crippen molar-refractivity contribution in [2.45, 2.75) is 33.2 Å². The van der Waals surface area contributed by atoms with E-state index in [1.165, 1.54) is 6.08 Å². The second-order valence-electron chi connectivity index (χ2n) is 3.46. The van der Waals surface area contributed by atoms with Crippen molar-refractivity contribution in [3.05, 3.63) is 24.9 Å². The fourth-order valence-corrected chi connectivity index (χ4v) is 1.96. The first-order chi connectivity index (χ1) is 6.66. The van der Waals surface area contributed by atoms with Crippen molar-refractivity contribution in [1.29, 1.82) is 0 Å². The van der Waals surface area contributed by atoms with Crippen LogP contribution < -0.4 is 5.32 Å². The lowest BCUT2D eigenvalue weighted by Gasteiger charge is -2.25. The summed E-state index contributed by atoms with van der Waals surface area (Å²) < 4.78 is 29.8. The van der Waals surface area contributed by atoms with Crippen LogP contribution >= 0.6 is 0 Å². The molecule has 0 unspecified atom stereocenters. The zero-order valence-corrected chi connectivity index (χ0v) is 10.7. The second kappa shape index (κ2) is 6.63. The van der Waals surface area contributed by atoms with E-state index >= 15 is 0 Å². The van der Waals surface area contributed by atoms with Crippen LogP contribution in [-0.2, 0) is 10.1 Å². The molecule has 15 heavy (non-hydrogen) atoms. The summed E-state index contributed by atoms with van der Waals surface area (Å²) in [7, 11) is -3.97. The molecule has 0 aliphatic carbocycles. The molecule has 0 amide bonds. The summed E-state index contributed by atoms with van der Waals surface area (Å²) in [6.45, 7) is 14.3. The van der Waals surface area contributed by atoms with Crippen LogP contribution in [-0.4, -0.2) is 24.3 Å². The molecule has 0 aliphatic heterocycles. The highest BCUT2D eigenvalue weighted by atomic mass is 32.2. The minimum atomic E-state index is -3.97. The van der Waals surface area contributed by atoms with Gasteiger partial charge >= 0.3 is 0 Å². The Morgan fingerprint density at radius 2 is 1.87 bits per heavy atom. The molecule has 0 radical (unpaired) electrons. The van der Waals surface area contributed by atoms with Gasteiger partial charge in [0.1, 0.15) is 0 Å². The molecule has 0 aromatic heterocycles. The molecule has 4 nitrogen and oxygen atoms in total. The van der Waals surface area contributed by atoms with Gasteiger partial charge in [0.05, 0.1) is 5.75 Å². The summed E-state index contributed by atoms with van der Waals surface area (Å²) >= 11 is 0. The number of nitrogens with one attached hydrogen (secondary N) is 1. The maximum absolute atomic E-state index is 10.6. The zero-order chi connectivity index (χ0) is 12.7. The molecule has 0 saturated heterocycles. The van der Waals surface area contributed by atoms with Gasteiger partial charge in [0.15, 0.2) is 0 Å². The van der Waals surface area contributed by atoms with Crippen molar-refractivity contribution in [2.75, 3.05) is 5.75 Å². The van der Waals surface area contributed by atoms with Crippen LogP contribution in [0.4, 0.5) is 0 Å². The molecule has 0 atom stereocenters. The first kappa shape index (κ1) is 16.6. The predicted molar refractivity (Wildman–Crippen MR) is 64.3 cm³/mol. The largest absolute Gasteiger partial charge is 0.380 e. The Morgan fingerprint density at radius 1 is 1.47 bits per heavy atom. The van der Waals surface area contributed by atoms with Crippen molar-refractivity contribution in [2.24, 2.45) is 0 Å². The molecule has 90 valence electrons. The Labute approximate surface area is 92.8 Å². The lowest BCUT2D eigenvalue weighted by atomic mass is 10.1. The highest BCUT2D eigenvalue weighted by Crippen LogP contribution is 2.07. The van der Waals surface area contributed by atoms with Gasteiger partial charge in [0.2, 0.25) is 0 Å². The van der Waals surface area contributed by atoms with E-state index in [-0.39, 0.29) is 5.75 Å². The maximum atomic E-state index is 10.6. The van der Waals surface area contributed by atoms with Gasteiger partial charge in [0.25, 0.3) is 10.1 Å². The topological polar surface area (TPSA) is 66.4 Å². The van der Waals surface area contributed by atoms with Crippen molar-refractivity contribution >= 4 is 10.1 Å². The van der Waals surface area contributed by atoms with Gasteiger partial charge in [-0.2, -0.15) is 8.42 Å². The van der Waals surface area contributed by atoms with Gasteiger partial charge in [-0.25, -0.2) is 0 Å². The zero-order valence-electron chi connectivity index (χ0n) is 9.87. The summed E-state index contributed by atoms with van der Waals surface area (Å²) in [4.78, 5) is 0. The molecule has 0 aromatic rings. The van der Waals surface area contributed by atoms with Crippen LogP contribution in [0.3, 0.4) is 0 Å². The van der Waals surface area contributed by atoms with Crippen LogP contribution in [0, 0.1) is 0 Å². The molecule has 2 N–H and O–H groups in total. The minimum absolute atomic E-state index is 0.368. The molecule has 0 aliphatic rings. The first-order valence-electron chi connectivity index (χ1n) is 4.71. The fourth-order valence-electron chi connectivity index (χ4n) is 0.978. The molecule has 0 rings (SSSR count). The van der Waals surface area contributed by atoms with E-state index in [0.717, 1.165) is 0 Å². The molecule has 0 spiro atoms. The van der Waals surface area contributed by atoms with Gasteiger partial charge in [-0.05, 0) is 19.9 Å². The Bertz CT molecular complexity index is 305. The highest BCUT2D eigenvalue weighted by Gasteiger charge is 2.24. The molecule has 0 aromatic carbocycles. The van der Waals surface area contributed by atoms with Crippen LogP contribution in [0.2, 0.25) is 0 Å². The second-order valence-corrected chi connectivity index (χ2v) is 4.92. The lowest BCUT2D eigenvalue weighted by Crippen LogP contribution is -2.44. The third kappa shape index (κ3) is 11.1. The fraction of sp³-hybridized carbons (Fsp3) is 0.600. The Balaban J connectivity index is 0. The maximum Gasteiger partial charge on any atom is 0.267 e. The van der Waals surface area contributed by atoms with Crippen LogP contribution in [0.25, 0.3) is 0 Å². The van der Waals surface area contributed by atoms with Crippen LogP contribution in [0.5, 0.6) is 0 Å². The number of rotatable bonds is 5. The molecular formula is C10H21NO3S. The van der Waals surface area contributed by atoms with Gasteiger partial charge in [-0.1, -0.05) is 27.0 Å². The van der Waals surface area contributed by atoms with Crippen molar-refractivity contribution in [3.8, 4) is 0 Å². The normalized spacial score (nSPS) is 11.0. The molecule has 0 fully saturated rings. The van der Waals surface area contributed by atoms with Gasteiger partial charge < -0.3 is 5.32 Å². The summed E-state index contributed by atoms with van der Waals surface area (Å²) in [5.74, 6) is -0.368. The van der Waals surface area contributed by atoms with E-state index in [2.05, 4.69) is 18.5 Å². The van der Waals surface area contributed by atoms with E-state index in [9.17, 15) is 8.42 Å². The van der Waals surface area contributed by atoms with Gasteiger partial charge in [-0.3, -0.25) is 4.55 Å². The highest BCUT2D eigenvalue weighted by molar-refractivity contribution is 7.85. The summed E-state index contributed by atoms with van der Waals surface area (Å²) in [5.41, 5.74) is -0.229. The SMILES string of the molecule is C=CC(=C)NC(C)(C)CS(=O)(=O)O.CC. The standard InChI is InChI=1S/C8H15NO3S.C2H6/c1-5-7(2)9-8(3,4)6-13(10,11)12;1-2/h5,9H,1-2,6H2,3-4H3,(H,10,11,12);1-2H3. The van der Waals surface area contributed by atoms with Gasteiger partial charge in [-0.15, -0.1) is 0 Å². The summed E-state index contributed by atoms with van der Waals surface area (Å²) in [6, 6.07) is 0. The monoisotopic (exact) mass is 235 g/mol. The summed E-state index contributed by atoms with van der Waals surface area (Å²) in [6.07, 6.45) is 1.48. The first-order valence-corrected chi connectivity index (χ1v) is 6.32. The molecule has 0 bridgehead atoms. The molecule has 0 saturated carbocycles. The third-order valence-corrected chi connectivity index (χ3v) is 2.38. The lowest BCUT2D eigenvalue weighted by molar-refractivity contribution is 0.432. The Morgan fingerprint density at radius 3 is 2.13 bits per heavy atom. The third-order valence-electron chi connectivity index (χ3n) is 1.29. The average Bonchev–Trinajstić information content (AvgIpc) is 2.02. The van der Waals surface area contributed by atoms with Crippen molar-refractivity contribution in [3.63, 3.8) is 0 Å². The minimum Gasteiger partial charge on any atom is -0.380 e. The Kier molecular flexibility index (Phi) is 7.35. The quantitative estimate of drug-likeness (QED) is 0.565. The van der Waals surface area contributed by atoms with Crippen molar-refractivity contribution in [1.82, 2.24) is 5.32 Å². The van der Waals surface area contributed by atoms with Crippen molar-refractivity contribution < 1.29 is 13.0 Å². The molecular weight excluding hydrogens is 214 g/mol. The smallest absolute Gasteiger partial charge is 0.267 e. The van der Waals surface area contributed by atoms with E-state index in [4.69, 9.17) is 4.55 Å². The Hall–Kier alpha value is -0.810. The van der Waals surface area contributed by atoms with E-state index < -0.39 is 15.7 Å². The summed E-state index contributed by atoms with van der Waals surface area (Å²) in [5, 5.41) is 2.81. The van der Waals surface area contributed by atoms with E-state index in [1.54, 1.807) is 13.8 Å². The van der Waals surface area contributed by atoms with E-state index in [1.807, 2.05) is 13.8 Å². The molecule has 5 heteroatoms. The van der Waals surface area contributed by atoms with Crippen LogP contribution in [0.1, 0.15) is 27.7 Å². The van der Waals surface area contributed by atoms with E-state index in [0.29, 0.717) is 5.70 Å². The average molecular weight is 235 g/mol.